The van der Waals surface area contributed by atoms with Crippen LogP contribution in [0.5, 0.6) is 0 Å². The Morgan fingerprint density at radius 2 is 1.63 bits per heavy atom. The van der Waals surface area contributed by atoms with Gasteiger partial charge in [0.05, 0.1) is 0 Å². The number of aromatic nitrogens is 1. The Labute approximate surface area is 116 Å². The molecule has 0 aromatic carbocycles. The molecule has 1 aromatic heterocycles. The second-order valence-corrected chi connectivity index (χ2v) is 7.10. The maximum Gasteiger partial charge on any atom is 0.0270 e. The first kappa shape index (κ1) is 11.9. The fraction of sp³-hybridized carbons (Fsp3) is 0.722. The minimum atomic E-state index is 0.842. The fourth-order valence-electron chi connectivity index (χ4n) is 5.66. The highest BCUT2D eigenvalue weighted by Crippen LogP contribution is 2.58. The van der Waals surface area contributed by atoms with Gasteiger partial charge in [0, 0.05) is 12.4 Å². The lowest BCUT2D eigenvalue weighted by Gasteiger charge is -2.39. The summed E-state index contributed by atoms with van der Waals surface area (Å²) >= 11 is 0. The molecular weight excluding hydrogens is 230 g/mol. The van der Waals surface area contributed by atoms with Crippen LogP contribution in [-0.4, -0.2) is 4.98 Å². The van der Waals surface area contributed by atoms with Crippen LogP contribution in [0.2, 0.25) is 0 Å². The minimum absolute atomic E-state index is 0.842. The van der Waals surface area contributed by atoms with Crippen LogP contribution >= 0.6 is 0 Å². The maximum atomic E-state index is 4.21. The molecule has 1 heteroatoms. The molecule has 19 heavy (non-hydrogen) atoms. The van der Waals surface area contributed by atoms with Crippen molar-refractivity contribution >= 4 is 0 Å². The van der Waals surface area contributed by atoms with Gasteiger partial charge >= 0.3 is 0 Å². The molecular formula is C18H25N. The molecule has 1 nitrogen and oxygen atoms in total. The zero-order valence-electron chi connectivity index (χ0n) is 11.8. The third-order valence-corrected chi connectivity index (χ3v) is 6.30. The summed E-state index contributed by atoms with van der Waals surface area (Å²) in [6.07, 6.45) is 16.0. The molecule has 102 valence electrons. The summed E-state index contributed by atoms with van der Waals surface area (Å²) in [5.41, 5.74) is 1.58. The normalized spacial score (nSPS) is 41.6. The van der Waals surface area contributed by atoms with Crippen molar-refractivity contribution in [3.63, 3.8) is 0 Å². The molecule has 3 aliphatic rings. The summed E-state index contributed by atoms with van der Waals surface area (Å²) in [5.74, 6) is 5.01. The van der Waals surface area contributed by atoms with E-state index in [-0.39, 0.29) is 0 Å². The molecule has 0 spiro atoms. The molecule has 3 fully saturated rings. The van der Waals surface area contributed by atoms with Crippen molar-refractivity contribution in [1.29, 1.82) is 0 Å². The van der Waals surface area contributed by atoms with Gasteiger partial charge in [-0.15, -0.1) is 0 Å². The summed E-state index contributed by atoms with van der Waals surface area (Å²) in [6.45, 7) is 0. The molecule has 0 aliphatic heterocycles. The molecule has 3 aliphatic carbocycles. The average Bonchev–Trinajstić information content (AvgIpc) is 2.86. The maximum absolute atomic E-state index is 4.21. The van der Waals surface area contributed by atoms with E-state index in [4.69, 9.17) is 0 Å². The summed E-state index contributed by atoms with van der Waals surface area (Å²) in [5, 5.41) is 0. The number of nitrogens with zero attached hydrogens (tertiary/aromatic N) is 1. The van der Waals surface area contributed by atoms with Crippen molar-refractivity contribution in [2.75, 3.05) is 0 Å². The average molecular weight is 255 g/mol. The summed E-state index contributed by atoms with van der Waals surface area (Å²) in [6, 6.07) is 4.56. The lowest BCUT2D eigenvalue weighted by Crippen LogP contribution is -2.29. The second kappa shape index (κ2) is 4.92. The molecule has 0 bridgehead atoms. The number of pyridine rings is 1. The van der Waals surface area contributed by atoms with Crippen LogP contribution in [0, 0.1) is 23.7 Å². The number of hydrogen-bond acceptors (Lipinski definition) is 1. The number of hydrogen-bond donors (Lipinski definition) is 0. The van der Waals surface area contributed by atoms with Crippen molar-refractivity contribution in [3.8, 4) is 0 Å². The summed E-state index contributed by atoms with van der Waals surface area (Å²) in [4.78, 5) is 4.21. The van der Waals surface area contributed by atoms with Crippen LogP contribution in [0.25, 0.3) is 0 Å². The molecule has 5 unspecified atom stereocenters. The first-order chi connectivity index (χ1) is 9.43. The van der Waals surface area contributed by atoms with Gasteiger partial charge < -0.3 is 0 Å². The Morgan fingerprint density at radius 3 is 2.53 bits per heavy atom. The van der Waals surface area contributed by atoms with Crippen LogP contribution in [0.4, 0.5) is 0 Å². The lowest BCUT2D eigenvalue weighted by atomic mass is 9.66. The van der Waals surface area contributed by atoms with Crippen LogP contribution in [-0.2, 0) is 0 Å². The third-order valence-electron chi connectivity index (χ3n) is 6.30. The first-order valence-corrected chi connectivity index (χ1v) is 8.33. The molecule has 1 heterocycles. The Balaban J connectivity index is 1.65. The van der Waals surface area contributed by atoms with Gasteiger partial charge in [0.25, 0.3) is 0 Å². The van der Waals surface area contributed by atoms with Gasteiger partial charge in [-0.1, -0.05) is 32.1 Å². The van der Waals surface area contributed by atoms with Crippen LogP contribution < -0.4 is 0 Å². The molecule has 0 N–H and O–H groups in total. The second-order valence-electron chi connectivity index (χ2n) is 7.10. The Hall–Kier alpha value is -0.850. The quantitative estimate of drug-likeness (QED) is 0.703. The zero-order valence-corrected chi connectivity index (χ0v) is 11.8. The predicted octanol–water partition coefficient (Wildman–Crippen LogP) is 4.79. The highest BCUT2D eigenvalue weighted by Gasteiger charge is 2.48. The molecule has 0 saturated heterocycles. The molecule has 5 atom stereocenters. The standard InChI is InChI=1S/C18H25N/c1-2-6-17-14(4-1)12-15-5-3-7-16(18(15)17)13-8-10-19-11-9-13/h8-11,14-18H,1-7,12H2. The summed E-state index contributed by atoms with van der Waals surface area (Å²) < 4.78 is 0. The van der Waals surface area contributed by atoms with Gasteiger partial charge in [0.15, 0.2) is 0 Å². The third kappa shape index (κ3) is 2.02. The van der Waals surface area contributed by atoms with E-state index in [2.05, 4.69) is 17.1 Å². The van der Waals surface area contributed by atoms with Crippen LogP contribution in [0.15, 0.2) is 24.5 Å². The smallest absolute Gasteiger partial charge is 0.0270 e. The largest absolute Gasteiger partial charge is 0.265 e. The highest BCUT2D eigenvalue weighted by molar-refractivity contribution is 5.20. The lowest BCUT2D eigenvalue weighted by molar-refractivity contribution is 0.158. The topological polar surface area (TPSA) is 12.9 Å². The van der Waals surface area contributed by atoms with Gasteiger partial charge in [-0.25, -0.2) is 0 Å². The van der Waals surface area contributed by atoms with Crippen molar-refractivity contribution in [3.05, 3.63) is 30.1 Å². The van der Waals surface area contributed by atoms with E-state index >= 15 is 0 Å². The Morgan fingerprint density at radius 1 is 0.842 bits per heavy atom. The van der Waals surface area contributed by atoms with Crippen LogP contribution in [0.3, 0.4) is 0 Å². The van der Waals surface area contributed by atoms with Gasteiger partial charge in [0.2, 0.25) is 0 Å². The molecule has 3 saturated carbocycles. The number of fused-ring (bicyclic) bond motifs is 3. The summed E-state index contributed by atoms with van der Waals surface area (Å²) in [7, 11) is 0. The molecule has 1 aromatic rings. The first-order valence-electron chi connectivity index (χ1n) is 8.33. The molecule has 4 rings (SSSR count). The van der Waals surface area contributed by atoms with E-state index in [1.807, 2.05) is 12.4 Å². The monoisotopic (exact) mass is 255 g/mol. The van der Waals surface area contributed by atoms with Gasteiger partial charge in [-0.3, -0.25) is 4.98 Å². The van der Waals surface area contributed by atoms with Crippen LogP contribution in [0.1, 0.15) is 62.8 Å². The highest BCUT2D eigenvalue weighted by atomic mass is 14.6. The van der Waals surface area contributed by atoms with E-state index < -0.39 is 0 Å². The van der Waals surface area contributed by atoms with Crippen molar-refractivity contribution < 1.29 is 0 Å². The fourth-order valence-corrected chi connectivity index (χ4v) is 5.66. The Bertz CT molecular complexity index is 427. The van der Waals surface area contributed by atoms with Gasteiger partial charge in [-0.2, -0.15) is 0 Å². The van der Waals surface area contributed by atoms with E-state index in [9.17, 15) is 0 Å². The number of rotatable bonds is 1. The van der Waals surface area contributed by atoms with Crippen molar-refractivity contribution in [1.82, 2.24) is 4.98 Å². The van der Waals surface area contributed by atoms with E-state index in [1.165, 1.54) is 44.9 Å². The predicted molar refractivity (Wildman–Crippen MR) is 77.9 cm³/mol. The minimum Gasteiger partial charge on any atom is -0.265 e. The van der Waals surface area contributed by atoms with E-state index in [0.29, 0.717) is 0 Å². The van der Waals surface area contributed by atoms with Gasteiger partial charge in [0.1, 0.15) is 0 Å². The Kier molecular flexibility index (Phi) is 3.09. The zero-order chi connectivity index (χ0) is 12.7. The molecule has 0 amide bonds. The van der Waals surface area contributed by atoms with Crippen molar-refractivity contribution in [2.45, 2.75) is 57.3 Å². The van der Waals surface area contributed by atoms with E-state index in [0.717, 1.165) is 29.6 Å². The molecule has 0 radical (unpaired) electrons. The van der Waals surface area contributed by atoms with Gasteiger partial charge in [-0.05, 0) is 66.5 Å². The SMILES string of the molecule is c1cc(C2CCCC3CC4CCCCC4C32)ccn1. The van der Waals surface area contributed by atoms with E-state index in [1.54, 1.807) is 12.0 Å². The van der Waals surface area contributed by atoms with Crippen molar-refractivity contribution in [2.24, 2.45) is 23.7 Å².